The van der Waals surface area contributed by atoms with Crippen LogP contribution in [0.4, 0.5) is 5.69 Å². The summed E-state index contributed by atoms with van der Waals surface area (Å²) >= 11 is 3.19. The predicted octanol–water partition coefficient (Wildman–Crippen LogP) is 6.78. The average molecular weight is 555 g/mol. The maximum Gasteiger partial charge on any atom is 0.308 e. The van der Waals surface area contributed by atoms with Crippen LogP contribution in [0, 0.1) is 17.8 Å². The van der Waals surface area contributed by atoms with Gasteiger partial charge >= 0.3 is 4.87 Å². The van der Waals surface area contributed by atoms with E-state index in [0.717, 1.165) is 26.9 Å². The van der Waals surface area contributed by atoms with Crippen LogP contribution < -0.4 is 14.9 Å². The van der Waals surface area contributed by atoms with Gasteiger partial charge in [0.25, 0.3) is 0 Å². The minimum absolute atomic E-state index is 0.0387. The standard InChI is InChI=1S/C32H30N2O3S2/c35-26(33-24-9-5-2-6-10-24)18-34-31-30(39-32(34)36)27(28-22-11-12-23(17-22)29(28)38-31)21-13-15-25(16-14-21)37-19-20-7-3-1-4-8-20/h1-10,13-16,22-23,27-29H,11-12,17-19H2,(H,33,35). The molecule has 2 aliphatic carbocycles. The number of hydrogen-bond acceptors (Lipinski definition) is 5. The van der Waals surface area contributed by atoms with Gasteiger partial charge in [0, 0.05) is 21.7 Å². The molecule has 5 atom stereocenters. The van der Waals surface area contributed by atoms with Crippen LogP contribution in [0.2, 0.25) is 0 Å². The van der Waals surface area contributed by atoms with Crippen molar-refractivity contribution in [3.05, 3.63) is 111 Å². The number of amides is 1. The highest BCUT2D eigenvalue weighted by molar-refractivity contribution is 8.00. The molecule has 5 nitrogen and oxygen atoms in total. The Morgan fingerprint density at radius 2 is 1.64 bits per heavy atom. The van der Waals surface area contributed by atoms with E-state index in [9.17, 15) is 9.59 Å². The zero-order valence-electron chi connectivity index (χ0n) is 21.5. The van der Waals surface area contributed by atoms with E-state index >= 15 is 0 Å². The van der Waals surface area contributed by atoms with Gasteiger partial charge in [0.15, 0.2) is 0 Å². The maximum absolute atomic E-state index is 13.3. The van der Waals surface area contributed by atoms with Crippen LogP contribution >= 0.6 is 23.1 Å². The van der Waals surface area contributed by atoms with Gasteiger partial charge in [0.2, 0.25) is 5.91 Å². The van der Waals surface area contributed by atoms with E-state index in [-0.39, 0.29) is 23.2 Å². The van der Waals surface area contributed by atoms with Crippen LogP contribution in [-0.4, -0.2) is 15.7 Å². The number of carbonyl (C=O) groups excluding carboxylic acids is 1. The summed E-state index contributed by atoms with van der Waals surface area (Å²) < 4.78 is 7.77. The van der Waals surface area contributed by atoms with Gasteiger partial charge in [-0.3, -0.25) is 14.2 Å². The van der Waals surface area contributed by atoms with Crippen LogP contribution in [-0.2, 0) is 17.9 Å². The van der Waals surface area contributed by atoms with Crippen molar-refractivity contribution in [2.45, 2.75) is 48.6 Å². The van der Waals surface area contributed by atoms with Crippen molar-refractivity contribution in [3.63, 3.8) is 0 Å². The first-order chi connectivity index (χ1) is 19.1. The molecular weight excluding hydrogens is 524 g/mol. The summed E-state index contributed by atoms with van der Waals surface area (Å²) in [6.45, 7) is 0.575. The highest BCUT2D eigenvalue weighted by Gasteiger charge is 2.55. The summed E-state index contributed by atoms with van der Waals surface area (Å²) in [6.07, 6.45) is 3.84. The summed E-state index contributed by atoms with van der Waals surface area (Å²) in [4.78, 5) is 27.3. The monoisotopic (exact) mass is 554 g/mol. The number of para-hydroxylation sites is 1. The quantitative estimate of drug-likeness (QED) is 0.274. The third-order valence-electron chi connectivity index (χ3n) is 8.54. The number of hydrogen-bond donors (Lipinski definition) is 1. The van der Waals surface area contributed by atoms with E-state index in [0.29, 0.717) is 29.6 Å². The Morgan fingerprint density at radius 3 is 2.41 bits per heavy atom. The lowest BCUT2D eigenvalue weighted by atomic mass is 9.75. The number of ether oxygens (including phenoxy) is 1. The fourth-order valence-corrected chi connectivity index (χ4v) is 9.99. The third kappa shape index (κ3) is 4.72. The molecule has 2 bridgehead atoms. The van der Waals surface area contributed by atoms with E-state index in [1.807, 2.05) is 60.3 Å². The van der Waals surface area contributed by atoms with Gasteiger partial charge in [-0.05, 0) is 72.4 Å². The van der Waals surface area contributed by atoms with Crippen molar-refractivity contribution in [2.75, 3.05) is 5.32 Å². The summed E-state index contributed by atoms with van der Waals surface area (Å²) in [5.41, 5.74) is 3.13. The second-order valence-electron chi connectivity index (χ2n) is 10.9. The van der Waals surface area contributed by atoms with Crippen molar-refractivity contribution in [3.8, 4) is 5.75 Å². The molecule has 5 unspecified atom stereocenters. The Hall–Kier alpha value is -3.29. The minimum atomic E-state index is -0.170. The van der Waals surface area contributed by atoms with E-state index in [1.165, 1.54) is 36.2 Å². The molecule has 0 saturated heterocycles. The normalized spacial score (nSPS) is 24.7. The molecule has 4 aromatic rings. The number of aromatic nitrogens is 1. The lowest BCUT2D eigenvalue weighted by Gasteiger charge is -2.40. The van der Waals surface area contributed by atoms with E-state index in [4.69, 9.17) is 4.74 Å². The number of benzene rings is 3. The number of carbonyl (C=O) groups is 1. The molecule has 2 heterocycles. The van der Waals surface area contributed by atoms with E-state index < -0.39 is 0 Å². The predicted molar refractivity (Wildman–Crippen MR) is 157 cm³/mol. The highest BCUT2D eigenvalue weighted by atomic mass is 32.2. The molecule has 0 spiro atoms. The molecule has 1 aromatic heterocycles. The Balaban J connectivity index is 1.18. The Morgan fingerprint density at radius 1 is 0.923 bits per heavy atom. The molecule has 3 aliphatic rings. The Bertz CT molecular complexity index is 1530. The first kappa shape index (κ1) is 24.7. The molecular formula is C32H30N2O3S2. The van der Waals surface area contributed by atoms with Crippen LogP contribution in [0.3, 0.4) is 0 Å². The number of thiazole rings is 1. The largest absolute Gasteiger partial charge is 0.489 e. The second kappa shape index (κ2) is 10.4. The van der Waals surface area contributed by atoms with Gasteiger partial charge in [0.05, 0.1) is 5.03 Å². The van der Waals surface area contributed by atoms with Crippen LogP contribution in [0.15, 0.2) is 94.7 Å². The van der Waals surface area contributed by atoms with Gasteiger partial charge in [-0.2, -0.15) is 0 Å². The molecule has 1 amide bonds. The second-order valence-corrected chi connectivity index (χ2v) is 13.0. The van der Waals surface area contributed by atoms with Crippen molar-refractivity contribution in [1.82, 2.24) is 4.57 Å². The van der Waals surface area contributed by atoms with Crippen LogP contribution in [0.25, 0.3) is 0 Å². The topological polar surface area (TPSA) is 60.3 Å². The molecule has 2 saturated carbocycles. The lowest BCUT2D eigenvalue weighted by molar-refractivity contribution is -0.116. The molecule has 7 rings (SSSR count). The summed E-state index contributed by atoms with van der Waals surface area (Å²) in [5, 5.41) is 4.43. The number of rotatable bonds is 7. The molecule has 1 aliphatic heterocycles. The van der Waals surface area contributed by atoms with Crippen molar-refractivity contribution in [2.24, 2.45) is 17.8 Å². The van der Waals surface area contributed by atoms with Gasteiger partial charge in [-0.1, -0.05) is 72.0 Å². The SMILES string of the molecule is O=C(Cn1c2c(sc1=O)C(c1ccc(OCc3ccccc3)cc1)C1C3CCC(C3)C1S2)Nc1ccccc1. The van der Waals surface area contributed by atoms with Gasteiger partial charge < -0.3 is 10.1 Å². The molecule has 39 heavy (non-hydrogen) atoms. The number of anilines is 1. The summed E-state index contributed by atoms with van der Waals surface area (Å²) in [7, 11) is 0. The fraction of sp³-hybridized carbons (Fsp3) is 0.312. The van der Waals surface area contributed by atoms with Crippen molar-refractivity contribution >= 4 is 34.7 Å². The average Bonchev–Trinajstić information content (AvgIpc) is 3.66. The zero-order chi connectivity index (χ0) is 26.3. The lowest BCUT2D eigenvalue weighted by Crippen LogP contribution is -2.34. The maximum atomic E-state index is 13.3. The zero-order valence-corrected chi connectivity index (χ0v) is 23.1. The van der Waals surface area contributed by atoms with E-state index in [2.05, 4.69) is 41.7 Å². The first-order valence-corrected chi connectivity index (χ1v) is 15.4. The number of nitrogens with zero attached hydrogens (tertiary/aromatic N) is 1. The molecule has 0 radical (unpaired) electrons. The first-order valence-electron chi connectivity index (χ1n) is 13.7. The molecule has 198 valence electrons. The van der Waals surface area contributed by atoms with Gasteiger partial charge in [0.1, 0.15) is 18.9 Å². The minimum Gasteiger partial charge on any atom is -0.489 e. The molecule has 3 aromatic carbocycles. The fourth-order valence-electron chi connectivity index (χ4n) is 6.84. The molecule has 7 heteroatoms. The van der Waals surface area contributed by atoms with Crippen molar-refractivity contribution < 1.29 is 9.53 Å². The number of nitrogens with one attached hydrogen (secondary N) is 1. The summed E-state index contributed by atoms with van der Waals surface area (Å²) in [6, 6.07) is 28.1. The van der Waals surface area contributed by atoms with Gasteiger partial charge in [-0.25, -0.2) is 0 Å². The van der Waals surface area contributed by atoms with Crippen LogP contribution in [0.5, 0.6) is 5.75 Å². The van der Waals surface area contributed by atoms with Gasteiger partial charge in [-0.15, -0.1) is 11.8 Å². The van der Waals surface area contributed by atoms with Crippen LogP contribution in [0.1, 0.15) is 41.2 Å². The summed E-state index contributed by atoms with van der Waals surface area (Å²) in [5.74, 6) is 2.78. The van der Waals surface area contributed by atoms with Crippen molar-refractivity contribution in [1.29, 1.82) is 0 Å². The highest BCUT2D eigenvalue weighted by Crippen LogP contribution is 2.64. The Labute approximate surface area is 236 Å². The van der Waals surface area contributed by atoms with E-state index in [1.54, 1.807) is 4.57 Å². The Kier molecular flexibility index (Phi) is 6.57. The third-order valence-corrected chi connectivity index (χ3v) is 11.4. The number of thioether (sulfide) groups is 1. The smallest absolute Gasteiger partial charge is 0.308 e. The number of fused-ring (bicyclic) bond motifs is 6. The molecule has 1 N–H and O–H groups in total. The molecule has 2 fully saturated rings.